The SMILES string of the molecule is COc1cc(C(=O)NCC(O)(CO)c2cc3c(c(-c4ccc(F)c(Cl)c4)n2)OCC3(C)C)ccc1OC1CCNC1=O. The Morgan fingerprint density at radius 1 is 1.26 bits per heavy atom. The summed E-state index contributed by atoms with van der Waals surface area (Å²) in [6, 6.07) is 10.3. The van der Waals surface area contributed by atoms with Crippen molar-refractivity contribution in [3.05, 3.63) is 70.1 Å². The van der Waals surface area contributed by atoms with Crippen LogP contribution in [0.15, 0.2) is 42.5 Å². The van der Waals surface area contributed by atoms with E-state index in [9.17, 15) is 24.2 Å². The molecule has 5 rings (SSSR count). The molecule has 0 bridgehead atoms. The molecule has 2 unspecified atom stereocenters. The normalized spacial score (nSPS) is 18.5. The Hall–Kier alpha value is -3.93. The minimum Gasteiger partial charge on any atom is -0.493 e. The number of rotatable bonds is 9. The Kier molecular flexibility index (Phi) is 8.02. The van der Waals surface area contributed by atoms with E-state index < -0.39 is 35.5 Å². The molecule has 42 heavy (non-hydrogen) atoms. The number of ether oxygens (including phenoxy) is 3. The Labute approximate surface area is 246 Å². The quantitative estimate of drug-likeness (QED) is 0.294. The van der Waals surface area contributed by atoms with Gasteiger partial charge in [0.2, 0.25) is 0 Å². The van der Waals surface area contributed by atoms with E-state index in [0.29, 0.717) is 42.3 Å². The summed E-state index contributed by atoms with van der Waals surface area (Å²) in [6.07, 6.45) is -0.135. The highest BCUT2D eigenvalue weighted by atomic mass is 35.5. The van der Waals surface area contributed by atoms with E-state index >= 15 is 0 Å². The first-order valence-electron chi connectivity index (χ1n) is 13.3. The number of benzene rings is 2. The predicted molar refractivity (Wildman–Crippen MR) is 152 cm³/mol. The molecule has 0 aliphatic carbocycles. The van der Waals surface area contributed by atoms with Gasteiger partial charge in [0.05, 0.1) is 37.6 Å². The zero-order valence-corrected chi connectivity index (χ0v) is 24.0. The summed E-state index contributed by atoms with van der Waals surface area (Å²) in [4.78, 5) is 29.6. The van der Waals surface area contributed by atoms with Gasteiger partial charge in [0.1, 0.15) is 22.9 Å². The average molecular weight is 600 g/mol. The number of fused-ring (bicyclic) bond motifs is 1. The van der Waals surface area contributed by atoms with Crippen LogP contribution in [0.4, 0.5) is 4.39 Å². The third kappa shape index (κ3) is 5.59. The lowest BCUT2D eigenvalue weighted by atomic mass is 9.84. The number of aliphatic hydroxyl groups is 2. The number of carbonyl (C=O) groups excluding carboxylic acids is 2. The number of amides is 2. The zero-order chi connectivity index (χ0) is 30.2. The average Bonchev–Trinajstić information content (AvgIpc) is 3.53. The predicted octanol–water partition coefficient (Wildman–Crippen LogP) is 3.10. The third-order valence-electron chi connectivity index (χ3n) is 7.45. The lowest BCUT2D eigenvalue weighted by Gasteiger charge is -2.28. The van der Waals surface area contributed by atoms with Crippen molar-refractivity contribution in [1.82, 2.24) is 15.6 Å². The van der Waals surface area contributed by atoms with Crippen molar-refractivity contribution in [2.75, 3.05) is 33.4 Å². The highest BCUT2D eigenvalue weighted by Gasteiger charge is 2.39. The van der Waals surface area contributed by atoms with Crippen LogP contribution in [-0.4, -0.2) is 66.5 Å². The fraction of sp³-hybridized carbons (Fsp3) is 0.367. The molecule has 12 heteroatoms. The number of aliphatic hydroxyl groups excluding tert-OH is 1. The Morgan fingerprint density at radius 3 is 2.71 bits per heavy atom. The second-order valence-electron chi connectivity index (χ2n) is 11.0. The van der Waals surface area contributed by atoms with Crippen LogP contribution in [-0.2, 0) is 15.8 Å². The number of methoxy groups -OCH3 is 1. The molecule has 3 aromatic rings. The Morgan fingerprint density at radius 2 is 2.05 bits per heavy atom. The molecule has 0 spiro atoms. The second kappa shape index (κ2) is 11.4. The van der Waals surface area contributed by atoms with Gasteiger partial charge in [-0.2, -0.15) is 0 Å². The number of pyridine rings is 1. The van der Waals surface area contributed by atoms with Gasteiger partial charge >= 0.3 is 0 Å². The smallest absolute Gasteiger partial charge is 0.261 e. The zero-order valence-electron chi connectivity index (χ0n) is 23.3. The number of aromatic nitrogens is 1. The molecule has 10 nitrogen and oxygen atoms in total. The summed E-state index contributed by atoms with van der Waals surface area (Å²) in [5.74, 6) is -0.332. The van der Waals surface area contributed by atoms with Crippen LogP contribution in [0, 0.1) is 5.82 Å². The molecule has 4 N–H and O–H groups in total. The molecule has 222 valence electrons. The van der Waals surface area contributed by atoms with Crippen LogP contribution in [0.3, 0.4) is 0 Å². The molecular formula is C30H31ClFN3O7. The van der Waals surface area contributed by atoms with E-state index in [-0.39, 0.29) is 34.5 Å². The fourth-order valence-electron chi connectivity index (χ4n) is 4.89. The van der Waals surface area contributed by atoms with Crippen molar-refractivity contribution in [1.29, 1.82) is 0 Å². The second-order valence-corrected chi connectivity index (χ2v) is 11.4. The molecule has 1 aromatic heterocycles. The summed E-state index contributed by atoms with van der Waals surface area (Å²) >= 11 is 6.04. The van der Waals surface area contributed by atoms with Gasteiger partial charge in [-0.3, -0.25) is 9.59 Å². The molecule has 2 aromatic carbocycles. The van der Waals surface area contributed by atoms with Gasteiger partial charge in [0.25, 0.3) is 11.8 Å². The van der Waals surface area contributed by atoms with Crippen LogP contribution in [0.5, 0.6) is 17.2 Å². The van der Waals surface area contributed by atoms with Crippen molar-refractivity contribution in [3.63, 3.8) is 0 Å². The Bertz CT molecular complexity index is 1550. The summed E-state index contributed by atoms with van der Waals surface area (Å²) in [5, 5.41) is 27.1. The Balaban J connectivity index is 1.41. The molecule has 1 saturated heterocycles. The molecule has 3 heterocycles. The summed E-state index contributed by atoms with van der Waals surface area (Å²) in [5.41, 5.74) is -0.620. The van der Waals surface area contributed by atoms with Gasteiger partial charge < -0.3 is 35.1 Å². The van der Waals surface area contributed by atoms with Crippen molar-refractivity contribution >= 4 is 23.4 Å². The van der Waals surface area contributed by atoms with Gasteiger partial charge in [-0.05, 0) is 42.5 Å². The maximum atomic E-state index is 13.9. The first-order valence-corrected chi connectivity index (χ1v) is 13.7. The number of carbonyl (C=O) groups is 2. The maximum Gasteiger partial charge on any atom is 0.261 e. The van der Waals surface area contributed by atoms with E-state index in [0.717, 1.165) is 5.56 Å². The first kappa shape index (κ1) is 29.6. The van der Waals surface area contributed by atoms with Gasteiger partial charge in [0, 0.05) is 35.1 Å². The van der Waals surface area contributed by atoms with Crippen LogP contribution in [0.25, 0.3) is 11.3 Å². The summed E-state index contributed by atoms with van der Waals surface area (Å²) in [6.45, 7) is 3.64. The van der Waals surface area contributed by atoms with Gasteiger partial charge in [-0.25, -0.2) is 9.37 Å². The fourth-order valence-corrected chi connectivity index (χ4v) is 5.07. The molecule has 0 saturated carbocycles. The number of hydrogen-bond donors (Lipinski definition) is 4. The molecule has 2 amide bonds. The molecule has 0 radical (unpaired) electrons. The van der Waals surface area contributed by atoms with E-state index in [1.807, 2.05) is 13.8 Å². The van der Waals surface area contributed by atoms with Gasteiger partial charge in [0.15, 0.2) is 17.6 Å². The molecule has 2 aliphatic heterocycles. The van der Waals surface area contributed by atoms with Gasteiger partial charge in [-0.15, -0.1) is 0 Å². The monoisotopic (exact) mass is 599 g/mol. The number of nitrogens with one attached hydrogen (secondary N) is 2. The standard InChI is InChI=1S/C30H31ClFN3O7/c1-29(2)15-41-26-18(29)12-24(35-25(26)16-4-6-20(32)19(31)10-16)30(39,14-36)13-34-27(37)17-5-7-21(23(11-17)40-3)42-22-8-9-33-28(22)38/h4-7,10-12,22,36,39H,8-9,13-15H2,1-3H3,(H,33,38)(H,34,37). The van der Waals surface area contributed by atoms with Crippen LogP contribution in [0.1, 0.15) is 41.9 Å². The highest BCUT2D eigenvalue weighted by Crippen LogP contribution is 2.45. The third-order valence-corrected chi connectivity index (χ3v) is 7.74. The number of halogens is 2. The molecular weight excluding hydrogens is 569 g/mol. The molecule has 2 aliphatic rings. The molecule has 2 atom stereocenters. The summed E-state index contributed by atoms with van der Waals surface area (Å²) < 4.78 is 31.0. The van der Waals surface area contributed by atoms with Crippen LogP contribution >= 0.6 is 11.6 Å². The van der Waals surface area contributed by atoms with Crippen LogP contribution in [0.2, 0.25) is 5.02 Å². The van der Waals surface area contributed by atoms with Crippen molar-refractivity contribution in [3.8, 4) is 28.5 Å². The lowest BCUT2D eigenvalue weighted by Crippen LogP contribution is -2.44. The first-order chi connectivity index (χ1) is 20.0. The molecule has 1 fully saturated rings. The van der Waals surface area contributed by atoms with E-state index in [1.165, 1.54) is 43.5 Å². The van der Waals surface area contributed by atoms with Crippen molar-refractivity contribution < 1.29 is 38.4 Å². The summed E-state index contributed by atoms with van der Waals surface area (Å²) in [7, 11) is 1.42. The maximum absolute atomic E-state index is 13.9. The minimum absolute atomic E-state index is 0.0919. The number of hydrogen-bond acceptors (Lipinski definition) is 8. The van der Waals surface area contributed by atoms with E-state index in [4.69, 9.17) is 25.8 Å². The minimum atomic E-state index is -1.98. The largest absolute Gasteiger partial charge is 0.493 e. The highest BCUT2D eigenvalue weighted by molar-refractivity contribution is 6.31. The lowest BCUT2D eigenvalue weighted by molar-refractivity contribution is -0.124. The van der Waals surface area contributed by atoms with E-state index in [1.54, 1.807) is 6.07 Å². The number of nitrogens with zero attached hydrogens (tertiary/aromatic N) is 1. The van der Waals surface area contributed by atoms with E-state index in [2.05, 4.69) is 15.6 Å². The topological polar surface area (TPSA) is 139 Å². The van der Waals surface area contributed by atoms with Crippen LogP contribution < -0.4 is 24.8 Å². The van der Waals surface area contributed by atoms with Crippen molar-refractivity contribution in [2.45, 2.75) is 37.4 Å². The van der Waals surface area contributed by atoms with Crippen molar-refractivity contribution in [2.24, 2.45) is 0 Å². The van der Waals surface area contributed by atoms with Gasteiger partial charge in [-0.1, -0.05) is 25.4 Å².